The lowest BCUT2D eigenvalue weighted by molar-refractivity contribution is -0.136. The van der Waals surface area contributed by atoms with E-state index < -0.39 is 0 Å². The Bertz CT molecular complexity index is 531. The summed E-state index contributed by atoms with van der Waals surface area (Å²) in [6.45, 7) is 6.46. The number of carbonyl (C=O) groups excluding carboxylic acids is 3. The first-order valence-electron chi connectivity index (χ1n) is 7.88. The highest BCUT2D eigenvalue weighted by Gasteiger charge is 2.19. The molecule has 0 aliphatic heterocycles. The van der Waals surface area contributed by atoms with E-state index in [0.29, 0.717) is 18.7 Å². The molecule has 1 atom stereocenters. The molecule has 0 heterocycles. The second-order valence-electron chi connectivity index (χ2n) is 5.31. The van der Waals surface area contributed by atoms with Crippen molar-refractivity contribution in [2.24, 2.45) is 0 Å². The van der Waals surface area contributed by atoms with Gasteiger partial charge in [-0.05, 0) is 32.9 Å². The van der Waals surface area contributed by atoms with Crippen molar-refractivity contribution in [2.45, 2.75) is 33.2 Å². The largest absolute Gasteiger partial charge is 0.355 e. The van der Waals surface area contributed by atoms with E-state index in [2.05, 4.69) is 10.6 Å². The summed E-state index contributed by atoms with van der Waals surface area (Å²) < 4.78 is 0. The lowest BCUT2D eigenvalue weighted by Crippen LogP contribution is -2.43. The molecule has 0 bridgehead atoms. The molecule has 0 spiro atoms. The highest BCUT2D eigenvalue weighted by atomic mass is 16.2. The van der Waals surface area contributed by atoms with Crippen LogP contribution in [-0.2, 0) is 9.59 Å². The first kappa shape index (κ1) is 18.7. The van der Waals surface area contributed by atoms with Gasteiger partial charge in [0.2, 0.25) is 11.8 Å². The number of rotatable bonds is 8. The van der Waals surface area contributed by atoms with Gasteiger partial charge >= 0.3 is 0 Å². The van der Waals surface area contributed by atoms with Crippen LogP contribution in [0.1, 0.15) is 37.6 Å². The van der Waals surface area contributed by atoms with Gasteiger partial charge in [-0.3, -0.25) is 14.4 Å². The van der Waals surface area contributed by atoms with E-state index in [1.807, 2.05) is 19.9 Å². The first-order chi connectivity index (χ1) is 11.0. The number of nitrogens with one attached hydrogen (secondary N) is 2. The van der Waals surface area contributed by atoms with Gasteiger partial charge < -0.3 is 15.5 Å². The van der Waals surface area contributed by atoms with Crippen LogP contribution < -0.4 is 10.6 Å². The lowest BCUT2D eigenvalue weighted by atomic mass is 10.1. The Kier molecular flexibility index (Phi) is 7.80. The van der Waals surface area contributed by atoms with Gasteiger partial charge in [-0.1, -0.05) is 18.2 Å². The molecule has 2 N–H and O–H groups in total. The van der Waals surface area contributed by atoms with E-state index in [0.717, 1.165) is 0 Å². The van der Waals surface area contributed by atoms with Crippen LogP contribution in [0.5, 0.6) is 0 Å². The Hall–Kier alpha value is -2.37. The Labute approximate surface area is 137 Å². The number of benzene rings is 1. The molecule has 0 aliphatic rings. The molecule has 6 heteroatoms. The second-order valence-corrected chi connectivity index (χ2v) is 5.31. The van der Waals surface area contributed by atoms with E-state index in [-0.39, 0.29) is 36.7 Å². The van der Waals surface area contributed by atoms with Gasteiger partial charge in [0.25, 0.3) is 5.91 Å². The zero-order valence-corrected chi connectivity index (χ0v) is 14.0. The standard InChI is InChI=1S/C17H25N3O3/c1-4-18-15(21)12-20(5-2)16(22)11-13(3)19-17(23)14-9-7-6-8-10-14/h6-10,13H,4-5,11-12H2,1-3H3,(H,18,21)(H,19,23). The van der Waals surface area contributed by atoms with Gasteiger partial charge in [-0.15, -0.1) is 0 Å². The summed E-state index contributed by atoms with van der Waals surface area (Å²) in [6.07, 6.45) is 0.159. The molecule has 1 rings (SSSR count). The fourth-order valence-corrected chi connectivity index (χ4v) is 2.14. The van der Waals surface area contributed by atoms with Gasteiger partial charge in [0.1, 0.15) is 0 Å². The fraction of sp³-hybridized carbons (Fsp3) is 0.471. The Balaban J connectivity index is 2.51. The van der Waals surface area contributed by atoms with Crippen molar-refractivity contribution in [3.8, 4) is 0 Å². The molecule has 6 nitrogen and oxygen atoms in total. The predicted molar refractivity (Wildman–Crippen MR) is 88.9 cm³/mol. The van der Waals surface area contributed by atoms with Gasteiger partial charge in [0.15, 0.2) is 0 Å². The van der Waals surface area contributed by atoms with Crippen molar-refractivity contribution in [3.63, 3.8) is 0 Å². The minimum Gasteiger partial charge on any atom is -0.355 e. The molecule has 1 unspecified atom stereocenters. The second kappa shape index (κ2) is 9.61. The van der Waals surface area contributed by atoms with Crippen LogP contribution >= 0.6 is 0 Å². The summed E-state index contributed by atoms with van der Waals surface area (Å²) in [6, 6.07) is 8.54. The number of hydrogen-bond donors (Lipinski definition) is 2. The molecule has 23 heavy (non-hydrogen) atoms. The number of amides is 3. The minimum absolute atomic E-state index is 0.0442. The van der Waals surface area contributed by atoms with E-state index in [4.69, 9.17) is 0 Å². The summed E-state index contributed by atoms with van der Waals surface area (Å²) in [5.74, 6) is -0.541. The molecule has 126 valence electrons. The van der Waals surface area contributed by atoms with Crippen LogP contribution in [0.3, 0.4) is 0 Å². The van der Waals surface area contributed by atoms with Crippen molar-refractivity contribution < 1.29 is 14.4 Å². The summed E-state index contributed by atoms with van der Waals surface area (Å²) >= 11 is 0. The lowest BCUT2D eigenvalue weighted by Gasteiger charge is -2.22. The molecular formula is C17H25N3O3. The van der Waals surface area contributed by atoms with Crippen molar-refractivity contribution in [2.75, 3.05) is 19.6 Å². The van der Waals surface area contributed by atoms with Crippen LogP contribution in [0, 0.1) is 0 Å². The molecule has 0 saturated heterocycles. The highest BCUT2D eigenvalue weighted by molar-refractivity contribution is 5.94. The predicted octanol–water partition coefficient (Wildman–Crippen LogP) is 1.18. The Morgan fingerprint density at radius 3 is 2.35 bits per heavy atom. The van der Waals surface area contributed by atoms with Gasteiger partial charge in [-0.2, -0.15) is 0 Å². The van der Waals surface area contributed by atoms with Crippen molar-refractivity contribution in [3.05, 3.63) is 35.9 Å². The molecule has 0 aromatic heterocycles. The third-order valence-electron chi connectivity index (χ3n) is 3.34. The van der Waals surface area contributed by atoms with E-state index in [1.165, 1.54) is 4.90 Å². The Morgan fingerprint density at radius 1 is 1.13 bits per heavy atom. The molecule has 0 fully saturated rings. The molecule has 1 aromatic carbocycles. The number of likely N-dealkylation sites (N-methyl/N-ethyl adjacent to an activating group) is 2. The molecule has 0 radical (unpaired) electrons. The topological polar surface area (TPSA) is 78.5 Å². The third-order valence-corrected chi connectivity index (χ3v) is 3.34. The zero-order valence-electron chi connectivity index (χ0n) is 14.0. The van der Waals surface area contributed by atoms with Crippen molar-refractivity contribution in [1.29, 1.82) is 0 Å². The highest BCUT2D eigenvalue weighted by Crippen LogP contribution is 2.02. The average Bonchev–Trinajstić information content (AvgIpc) is 2.53. The summed E-state index contributed by atoms with van der Waals surface area (Å²) in [5, 5.41) is 5.47. The van der Waals surface area contributed by atoms with Gasteiger partial charge in [0.05, 0.1) is 6.54 Å². The Morgan fingerprint density at radius 2 is 1.78 bits per heavy atom. The maximum atomic E-state index is 12.2. The van der Waals surface area contributed by atoms with Gasteiger partial charge in [0, 0.05) is 31.1 Å². The molecule has 0 saturated carbocycles. The molecular weight excluding hydrogens is 294 g/mol. The normalized spacial score (nSPS) is 11.4. The van der Waals surface area contributed by atoms with Crippen LogP contribution in [0.2, 0.25) is 0 Å². The minimum atomic E-state index is -0.307. The molecule has 3 amide bonds. The zero-order chi connectivity index (χ0) is 17.2. The van der Waals surface area contributed by atoms with E-state index >= 15 is 0 Å². The van der Waals surface area contributed by atoms with Crippen LogP contribution in [0.4, 0.5) is 0 Å². The van der Waals surface area contributed by atoms with Crippen molar-refractivity contribution in [1.82, 2.24) is 15.5 Å². The summed E-state index contributed by atoms with van der Waals surface area (Å²) in [4.78, 5) is 37.3. The smallest absolute Gasteiger partial charge is 0.251 e. The molecule has 0 aliphatic carbocycles. The fourth-order valence-electron chi connectivity index (χ4n) is 2.14. The maximum Gasteiger partial charge on any atom is 0.251 e. The quantitative estimate of drug-likeness (QED) is 0.755. The molecule has 1 aromatic rings. The van der Waals surface area contributed by atoms with Crippen LogP contribution in [0.25, 0.3) is 0 Å². The maximum absolute atomic E-state index is 12.2. The third kappa shape index (κ3) is 6.50. The van der Waals surface area contributed by atoms with E-state index in [9.17, 15) is 14.4 Å². The number of carbonyl (C=O) groups is 3. The van der Waals surface area contributed by atoms with Crippen LogP contribution in [0.15, 0.2) is 30.3 Å². The average molecular weight is 319 g/mol. The number of hydrogen-bond acceptors (Lipinski definition) is 3. The van der Waals surface area contributed by atoms with Crippen LogP contribution in [-0.4, -0.2) is 48.3 Å². The summed E-state index contributed by atoms with van der Waals surface area (Å²) in [5.41, 5.74) is 0.557. The monoisotopic (exact) mass is 319 g/mol. The summed E-state index contributed by atoms with van der Waals surface area (Å²) in [7, 11) is 0. The van der Waals surface area contributed by atoms with E-state index in [1.54, 1.807) is 31.2 Å². The SMILES string of the molecule is CCNC(=O)CN(CC)C(=O)CC(C)NC(=O)c1ccccc1. The number of nitrogens with zero attached hydrogens (tertiary/aromatic N) is 1. The van der Waals surface area contributed by atoms with Gasteiger partial charge in [-0.25, -0.2) is 0 Å². The first-order valence-corrected chi connectivity index (χ1v) is 7.88. The van der Waals surface area contributed by atoms with Crippen molar-refractivity contribution >= 4 is 17.7 Å².